The molecule has 0 bridgehead atoms. The molecule has 2 aromatic carbocycles. The summed E-state index contributed by atoms with van der Waals surface area (Å²) >= 11 is 1.06. The summed E-state index contributed by atoms with van der Waals surface area (Å²) in [7, 11) is 0. The van der Waals surface area contributed by atoms with E-state index in [1.807, 2.05) is 0 Å². The van der Waals surface area contributed by atoms with Crippen molar-refractivity contribution in [3.8, 4) is 0 Å². The molecule has 4 rings (SSSR count). The van der Waals surface area contributed by atoms with Crippen LogP contribution in [0.2, 0.25) is 0 Å². The van der Waals surface area contributed by atoms with E-state index >= 15 is 0 Å². The largest absolute Gasteiger partial charge is 0.478 e. The predicted molar refractivity (Wildman–Crippen MR) is 91.0 cm³/mol. The molecule has 0 fully saturated rings. The SMILES string of the molecule is O=C(O)c1ccc2nc(Nc3nc4ccc(C(F)(F)F)cc4s3)[nH]c2c1. The van der Waals surface area contributed by atoms with Gasteiger partial charge in [-0.05, 0) is 36.4 Å². The average Bonchev–Trinajstić information content (AvgIpc) is 3.14. The maximum atomic E-state index is 12.8. The zero-order valence-electron chi connectivity index (χ0n) is 12.8. The fourth-order valence-corrected chi connectivity index (χ4v) is 3.36. The molecular weight excluding hydrogens is 369 g/mol. The monoisotopic (exact) mass is 378 g/mol. The van der Waals surface area contributed by atoms with Gasteiger partial charge in [0.2, 0.25) is 5.95 Å². The quantitative estimate of drug-likeness (QED) is 0.483. The highest BCUT2D eigenvalue weighted by Gasteiger charge is 2.30. The van der Waals surface area contributed by atoms with Crippen molar-refractivity contribution in [3.63, 3.8) is 0 Å². The van der Waals surface area contributed by atoms with E-state index in [-0.39, 0.29) is 5.56 Å². The van der Waals surface area contributed by atoms with Gasteiger partial charge < -0.3 is 15.4 Å². The van der Waals surface area contributed by atoms with E-state index in [4.69, 9.17) is 5.11 Å². The number of nitrogens with one attached hydrogen (secondary N) is 2. The normalized spacial score (nSPS) is 12.0. The molecule has 132 valence electrons. The van der Waals surface area contributed by atoms with E-state index in [1.165, 1.54) is 18.2 Å². The Bertz CT molecular complexity index is 1150. The standard InChI is InChI=1S/C16H9F3N4O2S/c17-16(18,19)8-2-4-10-12(6-8)26-15(22-10)23-14-20-9-3-1-7(13(24)25)5-11(9)21-14/h1-6H,(H,24,25)(H2,20,21,22,23). The van der Waals surface area contributed by atoms with Crippen LogP contribution < -0.4 is 5.32 Å². The number of benzene rings is 2. The van der Waals surface area contributed by atoms with Gasteiger partial charge >= 0.3 is 12.1 Å². The molecule has 0 aliphatic carbocycles. The van der Waals surface area contributed by atoms with Crippen molar-refractivity contribution in [2.75, 3.05) is 5.32 Å². The number of carbonyl (C=O) groups is 1. The van der Waals surface area contributed by atoms with Crippen molar-refractivity contribution >= 4 is 49.6 Å². The maximum absolute atomic E-state index is 12.8. The van der Waals surface area contributed by atoms with Crippen LogP contribution in [-0.2, 0) is 6.18 Å². The van der Waals surface area contributed by atoms with Gasteiger partial charge in [-0.25, -0.2) is 14.8 Å². The first kappa shape index (κ1) is 16.3. The number of fused-ring (bicyclic) bond motifs is 2. The van der Waals surface area contributed by atoms with Gasteiger partial charge in [0.05, 0.1) is 32.4 Å². The number of halogens is 3. The van der Waals surface area contributed by atoms with E-state index < -0.39 is 17.7 Å². The van der Waals surface area contributed by atoms with Crippen molar-refractivity contribution in [1.29, 1.82) is 0 Å². The number of aromatic amines is 1. The lowest BCUT2D eigenvalue weighted by Crippen LogP contribution is -2.03. The predicted octanol–water partition coefficient (Wildman–Crippen LogP) is 4.63. The first-order valence-corrected chi connectivity index (χ1v) is 8.09. The van der Waals surface area contributed by atoms with Crippen LogP contribution in [-0.4, -0.2) is 26.0 Å². The second-order valence-electron chi connectivity index (χ2n) is 5.45. The minimum absolute atomic E-state index is 0.118. The highest BCUT2D eigenvalue weighted by atomic mass is 32.1. The third-order valence-corrected chi connectivity index (χ3v) is 4.60. The minimum atomic E-state index is -4.41. The highest BCUT2D eigenvalue weighted by molar-refractivity contribution is 7.22. The molecule has 0 amide bonds. The number of hydrogen-bond donors (Lipinski definition) is 3. The second kappa shape index (κ2) is 5.70. The number of alkyl halides is 3. The van der Waals surface area contributed by atoms with Crippen molar-refractivity contribution in [2.45, 2.75) is 6.18 Å². The minimum Gasteiger partial charge on any atom is -0.478 e. The van der Waals surface area contributed by atoms with Gasteiger partial charge in [0.1, 0.15) is 0 Å². The van der Waals surface area contributed by atoms with Crippen LogP contribution in [0.1, 0.15) is 15.9 Å². The van der Waals surface area contributed by atoms with Crippen LogP contribution in [0, 0.1) is 0 Å². The first-order chi connectivity index (χ1) is 12.3. The second-order valence-corrected chi connectivity index (χ2v) is 6.48. The number of rotatable bonds is 3. The summed E-state index contributed by atoms with van der Waals surface area (Å²) < 4.78 is 38.8. The van der Waals surface area contributed by atoms with E-state index in [0.717, 1.165) is 23.5 Å². The third-order valence-electron chi connectivity index (χ3n) is 3.67. The molecule has 0 aliphatic rings. The molecule has 3 N–H and O–H groups in total. The Morgan fingerprint density at radius 3 is 2.62 bits per heavy atom. The highest BCUT2D eigenvalue weighted by Crippen LogP contribution is 2.35. The zero-order valence-corrected chi connectivity index (χ0v) is 13.6. The number of hydrogen-bond acceptors (Lipinski definition) is 5. The number of aromatic nitrogens is 3. The van der Waals surface area contributed by atoms with Crippen LogP contribution in [0.5, 0.6) is 0 Å². The van der Waals surface area contributed by atoms with Crippen molar-refractivity contribution in [3.05, 3.63) is 47.5 Å². The summed E-state index contributed by atoms with van der Waals surface area (Å²) in [5.74, 6) is -0.736. The summed E-state index contributed by atoms with van der Waals surface area (Å²) in [6.45, 7) is 0. The number of H-pyrrole nitrogens is 1. The van der Waals surface area contributed by atoms with Crippen LogP contribution in [0.15, 0.2) is 36.4 Å². The van der Waals surface area contributed by atoms with Crippen molar-refractivity contribution in [1.82, 2.24) is 15.0 Å². The number of carboxylic acid groups (broad SMARTS) is 1. The van der Waals surface area contributed by atoms with Gasteiger partial charge in [0, 0.05) is 0 Å². The molecular formula is C16H9F3N4O2S. The van der Waals surface area contributed by atoms with E-state index in [1.54, 1.807) is 6.07 Å². The first-order valence-electron chi connectivity index (χ1n) is 7.27. The van der Waals surface area contributed by atoms with Crippen LogP contribution in [0.25, 0.3) is 21.3 Å². The Balaban J connectivity index is 1.66. The molecule has 10 heteroatoms. The molecule has 26 heavy (non-hydrogen) atoms. The number of nitrogens with zero attached hydrogens (tertiary/aromatic N) is 2. The molecule has 0 spiro atoms. The molecule has 0 saturated heterocycles. The molecule has 4 aromatic rings. The Hall–Kier alpha value is -3.14. The lowest BCUT2D eigenvalue weighted by molar-refractivity contribution is -0.137. The topological polar surface area (TPSA) is 90.9 Å². The van der Waals surface area contributed by atoms with Crippen molar-refractivity contribution < 1.29 is 23.1 Å². The van der Waals surface area contributed by atoms with E-state index in [2.05, 4.69) is 20.3 Å². The molecule has 0 radical (unpaired) electrons. The Morgan fingerprint density at radius 2 is 1.88 bits per heavy atom. The van der Waals surface area contributed by atoms with E-state index in [0.29, 0.717) is 32.3 Å². The van der Waals surface area contributed by atoms with Gasteiger partial charge in [-0.1, -0.05) is 11.3 Å². The Kier molecular flexibility index (Phi) is 3.58. The summed E-state index contributed by atoms with van der Waals surface area (Å²) in [6, 6.07) is 7.80. The Morgan fingerprint density at radius 1 is 1.12 bits per heavy atom. The Labute approximate surface area is 147 Å². The van der Waals surface area contributed by atoms with Gasteiger partial charge in [-0.15, -0.1) is 0 Å². The molecule has 0 aliphatic heterocycles. The fraction of sp³-hybridized carbons (Fsp3) is 0.0625. The lowest BCUT2D eigenvalue weighted by Gasteiger charge is -2.04. The van der Waals surface area contributed by atoms with Gasteiger partial charge in [-0.3, -0.25) is 0 Å². The lowest BCUT2D eigenvalue weighted by atomic mass is 10.2. The summed E-state index contributed by atoms with van der Waals surface area (Å²) in [5.41, 5.74) is 0.901. The molecule has 0 unspecified atom stereocenters. The molecule has 6 nitrogen and oxygen atoms in total. The number of carboxylic acids is 1. The summed E-state index contributed by atoms with van der Waals surface area (Å²) in [5, 5.41) is 12.3. The number of imidazole rings is 1. The van der Waals surface area contributed by atoms with Crippen molar-refractivity contribution in [2.24, 2.45) is 0 Å². The number of anilines is 2. The van der Waals surface area contributed by atoms with Crippen LogP contribution in [0.4, 0.5) is 24.3 Å². The third kappa shape index (κ3) is 2.94. The van der Waals surface area contributed by atoms with Gasteiger partial charge in [0.15, 0.2) is 5.13 Å². The summed E-state index contributed by atoms with van der Waals surface area (Å²) in [4.78, 5) is 22.4. The molecule has 2 aromatic heterocycles. The molecule has 0 atom stereocenters. The van der Waals surface area contributed by atoms with Gasteiger partial charge in [-0.2, -0.15) is 13.2 Å². The fourth-order valence-electron chi connectivity index (χ4n) is 2.46. The van der Waals surface area contributed by atoms with Gasteiger partial charge in [0.25, 0.3) is 0 Å². The number of thiazole rings is 1. The number of aromatic carboxylic acids is 1. The molecule has 2 heterocycles. The smallest absolute Gasteiger partial charge is 0.416 e. The van der Waals surface area contributed by atoms with E-state index in [9.17, 15) is 18.0 Å². The maximum Gasteiger partial charge on any atom is 0.416 e. The van der Waals surface area contributed by atoms with Crippen LogP contribution >= 0.6 is 11.3 Å². The summed E-state index contributed by atoms with van der Waals surface area (Å²) in [6.07, 6.45) is -4.41. The van der Waals surface area contributed by atoms with Crippen LogP contribution in [0.3, 0.4) is 0 Å². The molecule has 0 saturated carbocycles. The zero-order chi connectivity index (χ0) is 18.5. The average molecular weight is 378 g/mol.